The van der Waals surface area contributed by atoms with Crippen molar-refractivity contribution in [3.63, 3.8) is 0 Å². The number of rotatable bonds is 8. The van der Waals surface area contributed by atoms with Crippen LogP contribution in [0.15, 0.2) is 78.9 Å². The van der Waals surface area contributed by atoms with Crippen molar-refractivity contribution in [3.05, 3.63) is 107 Å². The first kappa shape index (κ1) is 26.9. The van der Waals surface area contributed by atoms with Crippen LogP contribution in [0.25, 0.3) is 0 Å². The number of likely N-dealkylation sites (tertiary alicyclic amines) is 1. The monoisotopic (exact) mass is 508 g/mol. The largest absolute Gasteiger partial charge is 0.416 e. The SMILES string of the molecule is Cc1ccc(C(=O)N(CC(C)C)C[C@@H]2CN(Cc3ccc(C(F)(F)F)cc3)C[C@@H]2c2ccccc2)cc1. The quantitative estimate of drug-likeness (QED) is 0.326. The molecule has 0 N–H and O–H groups in total. The summed E-state index contributed by atoms with van der Waals surface area (Å²) in [5.74, 6) is 0.817. The van der Waals surface area contributed by atoms with E-state index in [9.17, 15) is 18.0 Å². The van der Waals surface area contributed by atoms with Gasteiger partial charge in [-0.2, -0.15) is 13.2 Å². The zero-order valence-corrected chi connectivity index (χ0v) is 21.7. The average molecular weight is 509 g/mol. The van der Waals surface area contributed by atoms with Gasteiger partial charge in [0.25, 0.3) is 5.91 Å². The molecule has 3 aromatic rings. The lowest BCUT2D eigenvalue weighted by Gasteiger charge is -2.30. The van der Waals surface area contributed by atoms with Gasteiger partial charge in [-0.1, -0.05) is 74.0 Å². The lowest BCUT2D eigenvalue weighted by Crippen LogP contribution is -2.39. The van der Waals surface area contributed by atoms with Crippen molar-refractivity contribution in [2.45, 2.75) is 39.4 Å². The zero-order valence-electron chi connectivity index (χ0n) is 21.7. The van der Waals surface area contributed by atoms with Crippen LogP contribution in [0, 0.1) is 18.8 Å². The van der Waals surface area contributed by atoms with E-state index in [0.29, 0.717) is 31.1 Å². The maximum Gasteiger partial charge on any atom is 0.416 e. The molecule has 1 saturated heterocycles. The standard InChI is InChI=1S/C31H35F3N2O/c1-22(2)17-36(30(37)26-13-9-23(3)10-14-26)20-27-19-35(21-29(27)25-7-5-4-6-8-25)18-24-11-15-28(16-12-24)31(32,33)34/h4-16,22,27,29H,17-21H2,1-3H3/t27-,29+/m0/s1. The van der Waals surface area contributed by atoms with Crippen molar-refractivity contribution in [2.75, 3.05) is 26.2 Å². The Hall–Kier alpha value is -3.12. The molecule has 0 radical (unpaired) electrons. The number of nitrogens with zero attached hydrogens (tertiary/aromatic N) is 2. The second-order valence-electron chi connectivity index (χ2n) is 10.6. The molecule has 1 heterocycles. The van der Waals surface area contributed by atoms with Crippen molar-refractivity contribution >= 4 is 5.91 Å². The van der Waals surface area contributed by atoms with E-state index in [1.807, 2.05) is 54.3 Å². The highest BCUT2D eigenvalue weighted by Gasteiger charge is 2.36. The van der Waals surface area contributed by atoms with Gasteiger partial charge in [0.15, 0.2) is 0 Å². The molecule has 3 aromatic carbocycles. The molecule has 6 heteroatoms. The molecule has 37 heavy (non-hydrogen) atoms. The summed E-state index contributed by atoms with van der Waals surface area (Å²) in [4.78, 5) is 17.8. The van der Waals surface area contributed by atoms with Gasteiger partial charge in [0.2, 0.25) is 0 Å². The molecule has 1 aliphatic heterocycles. The van der Waals surface area contributed by atoms with E-state index in [2.05, 4.69) is 30.9 Å². The van der Waals surface area contributed by atoms with Gasteiger partial charge in [0, 0.05) is 44.2 Å². The van der Waals surface area contributed by atoms with Crippen LogP contribution < -0.4 is 0 Å². The van der Waals surface area contributed by atoms with E-state index in [1.165, 1.54) is 5.56 Å². The second-order valence-corrected chi connectivity index (χ2v) is 10.6. The van der Waals surface area contributed by atoms with Crippen molar-refractivity contribution in [3.8, 4) is 0 Å². The number of carbonyl (C=O) groups is 1. The molecular weight excluding hydrogens is 473 g/mol. The Bertz CT molecular complexity index is 1160. The lowest BCUT2D eigenvalue weighted by atomic mass is 9.88. The average Bonchev–Trinajstić information content (AvgIpc) is 3.25. The Morgan fingerprint density at radius 1 is 0.946 bits per heavy atom. The molecule has 0 aliphatic carbocycles. The summed E-state index contributed by atoms with van der Waals surface area (Å²) in [6, 6.07) is 23.5. The third-order valence-corrected chi connectivity index (χ3v) is 7.06. The minimum Gasteiger partial charge on any atom is -0.338 e. The van der Waals surface area contributed by atoms with Gasteiger partial charge in [-0.05, 0) is 54.2 Å². The van der Waals surface area contributed by atoms with E-state index in [4.69, 9.17) is 0 Å². The number of aryl methyl sites for hydroxylation is 1. The van der Waals surface area contributed by atoms with E-state index in [-0.39, 0.29) is 17.7 Å². The first-order valence-electron chi connectivity index (χ1n) is 12.9. The van der Waals surface area contributed by atoms with E-state index in [1.54, 1.807) is 12.1 Å². The van der Waals surface area contributed by atoms with Crippen molar-refractivity contribution in [1.29, 1.82) is 0 Å². The Balaban J connectivity index is 1.54. The Kier molecular flexibility index (Phi) is 8.38. The summed E-state index contributed by atoms with van der Waals surface area (Å²) in [5, 5.41) is 0. The predicted molar refractivity (Wildman–Crippen MR) is 141 cm³/mol. The van der Waals surface area contributed by atoms with E-state index >= 15 is 0 Å². The van der Waals surface area contributed by atoms with Crippen LogP contribution in [-0.4, -0.2) is 41.9 Å². The fourth-order valence-electron chi connectivity index (χ4n) is 5.25. The topological polar surface area (TPSA) is 23.6 Å². The highest BCUT2D eigenvalue weighted by Crippen LogP contribution is 2.35. The highest BCUT2D eigenvalue weighted by molar-refractivity contribution is 5.94. The van der Waals surface area contributed by atoms with Crippen LogP contribution in [0.5, 0.6) is 0 Å². The van der Waals surface area contributed by atoms with Crippen LogP contribution >= 0.6 is 0 Å². The van der Waals surface area contributed by atoms with Gasteiger partial charge in [-0.15, -0.1) is 0 Å². The molecule has 0 unspecified atom stereocenters. The molecular formula is C31H35F3N2O. The Labute approximate surface area is 217 Å². The predicted octanol–water partition coefficient (Wildman–Crippen LogP) is 7.03. The second kappa shape index (κ2) is 11.5. The smallest absolute Gasteiger partial charge is 0.338 e. The molecule has 1 amide bonds. The van der Waals surface area contributed by atoms with Crippen LogP contribution in [0.3, 0.4) is 0 Å². The zero-order chi connectivity index (χ0) is 26.6. The summed E-state index contributed by atoms with van der Waals surface area (Å²) in [5.41, 5.74) is 3.27. The van der Waals surface area contributed by atoms with Gasteiger partial charge in [0.1, 0.15) is 0 Å². The normalized spacial score (nSPS) is 18.4. The van der Waals surface area contributed by atoms with Gasteiger partial charge in [-0.25, -0.2) is 0 Å². The number of carbonyl (C=O) groups excluding carboxylic acids is 1. The first-order valence-corrected chi connectivity index (χ1v) is 12.9. The van der Waals surface area contributed by atoms with Gasteiger partial charge in [-0.3, -0.25) is 9.69 Å². The maximum atomic E-state index is 13.5. The molecule has 196 valence electrons. The van der Waals surface area contributed by atoms with E-state index in [0.717, 1.165) is 36.3 Å². The number of benzene rings is 3. The fourth-order valence-corrected chi connectivity index (χ4v) is 5.25. The molecule has 2 atom stereocenters. The maximum absolute atomic E-state index is 13.5. The van der Waals surface area contributed by atoms with Crippen LogP contribution in [0.4, 0.5) is 13.2 Å². The summed E-state index contributed by atoms with van der Waals surface area (Å²) in [7, 11) is 0. The van der Waals surface area contributed by atoms with Gasteiger partial charge in [0.05, 0.1) is 5.56 Å². The summed E-state index contributed by atoms with van der Waals surface area (Å²) in [6.07, 6.45) is -4.33. The Morgan fingerprint density at radius 3 is 2.19 bits per heavy atom. The van der Waals surface area contributed by atoms with Crippen molar-refractivity contribution in [2.24, 2.45) is 11.8 Å². The number of halogens is 3. The summed E-state index contributed by atoms with van der Waals surface area (Å²) >= 11 is 0. The number of amides is 1. The molecule has 1 aliphatic rings. The van der Waals surface area contributed by atoms with E-state index < -0.39 is 11.7 Å². The molecule has 0 spiro atoms. The molecule has 1 fully saturated rings. The summed E-state index contributed by atoms with van der Waals surface area (Å²) < 4.78 is 39.0. The van der Waals surface area contributed by atoms with Crippen molar-refractivity contribution < 1.29 is 18.0 Å². The van der Waals surface area contributed by atoms with Gasteiger partial charge < -0.3 is 4.90 Å². The molecule has 0 aromatic heterocycles. The molecule has 3 nitrogen and oxygen atoms in total. The fraction of sp³-hybridized carbons (Fsp3) is 0.387. The Morgan fingerprint density at radius 2 is 1.59 bits per heavy atom. The number of hydrogen-bond donors (Lipinski definition) is 0. The number of hydrogen-bond acceptors (Lipinski definition) is 2. The van der Waals surface area contributed by atoms with Crippen LogP contribution in [0.2, 0.25) is 0 Å². The van der Waals surface area contributed by atoms with Crippen LogP contribution in [0.1, 0.15) is 52.4 Å². The third-order valence-electron chi connectivity index (χ3n) is 7.06. The minimum absolute atomic E-state index is 0.0432. The summed E-state index contributed by atoms with van der Waals surface area (Å²) in [6.45, 7) is 9.70. The van der Waals surface area contributed by atoms with Gasteiger partial charge >= 0.3 is 6.18 Å². The molecule has 4 rings (SSSR count). The van der Waals surface area contributed by atoms with Crippen molar-refractivity contribution in [1.82, 2.24) is 9.80 Å². The minimum atomic E-state index is -4.33. The van der Waals surface area contributed by atoms with Crippen LogP contribution in [-0.2, 0) is 12.7 Å². The first-order chi connectivity index (χ1) is 17.6. The molecule has 0 saturated carbocycles. The lowest BCUT2D eigenvalue weighted by molar-refractivity contribution is -0.137. The molecule has 0 bridgehead atoms. The number of alkyl halides is 3. The third kappa shape index (κ3) is 7.01. The highest BCUT2D eigenvalue weighted by atomic mass is 19.4.